The molecule has 2 aromatic rings. The van der Waals surface area contributed by atoms with Gasteiger partial charge in [0.05, 0.1) is 22.0 Å². The number of hydrogen-bond acceptors (Lipinski definition) is 4. The Labute approximate surface area is 167 Å². The molecule has 10 heteroatoms. The minimum absolute atomic E-state index is 0.0698. The van der Waals surface area contributed by atoms with Crippen LogP contribution in [0, 0.1) is 6.92 Å². The molecule has 0 aliphatic carbocycles. The maximum Gasteiger partial charge on any atom is 0.271 e. The van der Waals surface area contributed by atoms with Gasteiger partial charge in [-0.1, -0.05) is 40.9 Å². The van der Waals surface area contributed by atoms with E-state index in [1.807, 2.05) is 6.92 Å². The van der Waals surface area contributed by atoms with Crippen molar-refractivity contribution in [1.29, 1.82) is 0 Å². The number of hydrogen-bond donors (Lipinski definition) is 2. The predicted molar refractivity (Wildman–Crippen MR) is 103 cm³/mol. The number of nitrogens with zero attached hydrogens (tertiary/aromatic N) is 1. The highest BCUT2D eigenvalue weighted by Gasteiger charge is 2.23. The van der Waals surface area contributed by atoms with Crippen molar-refractivity contribution in [3.63, 3.8) is 0 Å². The van der Waals surface area contributed by atoms with E-state index in [4.69, 9.17) is 23.2 Å². The number of rotatable bonds is 5. The van der Waals surface area contributed by atoms with E-state index in [1.165, 1.54) is 37.4 Å². The van der Waals surface area contributed by atoms with Gasteiger partial charge in [0, 0.05) is 12.1 Å². The summed E-state index contributed by atoms with van der Waals surface area (Å²) in [5.41, 5.74) is 5.35. The van der Waals surface area contributed by atoms with Crippen LogP contribution in [0.2, 0.25) is 10.0 Å². The lowest BCUT2D eigenvalue weighted by Crippen LogP contribution is -2.46. The number of halogens is 2. The quantitative estimate of drug-likeness (QED) is 0.713. The first kappa shape index (κ1) is 21.2. The topological polar surface area (TPSA) is 95.6 Å². The van der Waals surface area contributed by atoms with Gasteiger partial charge in [-0.25, -0.2) is 8.42 Å². The number of carbonyl (C=O) groups excluding carboxylic acids is 2. The van der Waals surface area contributed by atoms with Crippen molar-refractivity contribution in [3.05, 3.63) is 63.6 Å². The molecule has 7 nitrogen and oxygen atoms in total. The van der Waals surface area contributed by atoms with Gasteiger partial charge in [0.2, 0.25) is 10.0 Å². The second-order valence-electron chi connectivity index (χ2n) is 5.70. The Hall–Kier alpha value is -2.13. The molecule has 0 heterocycles. The average molecular weight is 430 g/mol. The number of hydrazine groups is 1. The highest BCUT2D eigenvalue weighted by Crippen LogP contribution is 2.20. The van der Waals surface area contributed by atoms with Crippen molar-refractivity contribution in [2.45, 2.75) is 11.8 Å². The molecule has 0 atom stereocenters. The highest BCUT2D eigenvalue weighted by molar-refractivity contribution is 7.89. The summed E-state index contributed by atoms with van der Waals surface area (Å²) in [6.07, 6.45) is 0. The van der Waals surface area contributed by atoms with Crippen LogP contribution in [0.25, 0.3) is 0 Å². The third kappa shape index (κ3) is 5.43. The predicted octanol–water partition coefficient (Wildman–Crippen LogP) is 2.38. The summed E-state index contributed by atoms with van der Waals surface area (Å²) in [6, 6.07) is 10.5. The number of amides is 2. The molecule has 0 aliphatic heterocycles. The molecule has 2 N–H and O–H groups in total. The second kappa shape index (κ2) is 8.71. The Morgan fingerprint density at radius 1 is 1.04 bits per heavy atom. The second-order valence-corrected chi connectivity index (χ2v) is 8.59. The third-order valence-electron chi connectivity index (χ3n) is 3.59. The molecule has 0 saturated carbocycles. The van der Waals surface area contributed by atoms with E-state index in [0.717, 1.165) is 9.87 Å². The van der Waals surface area contributed by atoms with Crippen molar-refractivity contribution in [3.8, 4) is 0 Å². The van der Waals surface area contributed by atoms with Gasteiger partial charge in [-0.15, -0.1) is 0 Å². The zero-order valence-electron chi connectivity index (χ0n) is 14.5. The van der Waals surface area contributed by atoms with Crippen LogP contribution in [-0.4, -0.2) is 38.1 Å². The molecule has 2 rings (SSSR count). The molecule has 0 fully saturated rings. The fourth-order valence-electron chi connectivity index (χ4n) is 2.08. The van der Waals surface area contributed by atoms with Crippen LogP contribution >= 0.6 is 23.2 Å². The number of carbonyl (C=O) groups is 2. The van der Waals surface area contributed by atoms with Crippen LogP contribution in [0.3, 0.4) is 0 Å². The fourth-order valence-corrected chi connectivity index (χ4v) is 3.71. The van der Waals surface area contributed by atoms with Gasteiger partial charge in [-0.2, -0.15) is 4.31 Å². The number of aryl methyl sites for hydroxylation is 1. The Kier molecular flexibility index (Phi) is 6.83. The Balaban J connectivity index is 1.96. The molecular formula is C17H17Cl2N3O4S. The lowest BCUT2D eigenvalue weighted by Gasteiger charge is -2.17. The summed E-state index contributed by atoms with van der Waals surface area (Å²) < 4.78 is 25.8. The van der Waals surface area contributed by atoms with Crippen molar-refractivity contribution in [2.24, 2.45) is 0 Å². The SMILES string of the molecule is Cc1ccc(S(=O)(=O)N(C)CC(=O)NNC(=O)c2ccc(Cl)cc2Cl)cc1. The van der Waals surface area contributed by atoms with Gasteiger partial charge in [0.15, 0.2) is 0 Å². The fraction of sp³-hybridized carbons (Fsp3) is 0.176. The molecule has 0 unspecified atom stereocenters. The first-order valence-electron chi connectivity index (χ1n) is 7.68. The third-order valence-corrected chi connectivity index (χ3v) is 5.95. The van der Waals surface area contributed by atoms with Crippen LogP contribution in [0.1, 0.15) is 15.9 Å². The van der Waals surface area contributed by atoms with E-state index in [2.05, 4.69) is 10.9 Å². The number of sulfonamides is 1. The highest BCUT2D eigenvalue weighted by atomic mass is 35.5. The molecule has 144 valence electrons. The number of nitrogens with one attached hydrogen (secondary N) is 2. The first-order valence-corrected chi connectivity index (χ1v) is 9.88. The monoisotopic (exact) mass is 429 g/mol. The van der Waals surface area contributed by atoms with Crippen LogP contribution in [0.15, 0.2) is 47.4 Å². The molecule has 2 amide bonds. The van der Waals surface area contributed by atoms with Crippen LogP contribution < -0.4 is 10.9 Å². The molecule has 0 saturated heterocycles. The molecule has 0 aliphatic rings. The molecule has 27 heavy (non-hydrogen) atoms. The maximum atomic E-state index is 12.4. The molecule has 0 spiro atoms. The van der Waals surface area contributed by atoms with Gasteiger partial charge in [-0.3, -0.25) is 20.4 Å². The van der Waals surface area contributed by atoms with Gasteiger partial charge < -0.3 is 0 Å². The van der Waals surface area contributed by atoms with Crippen molar-refractivity contribution in [2.75, 3.05) is 13.6 Å². The largest absolute Gasteiger partial charge is 0.272 e. The van der Waals surface area contributed by atoms with Gasteiger partial charge >= 0.3 is 0 Å². The zero-order valence-corrected chi connectivity index (χ0v) is 16.8. The van der Waals surface area contributed by atoms with Crippen molar-refractivity contribution >= 4 is 45.0 Å². The van der Waals surface area contributed by atoms with Crippen LogP contribution in [-0.2, 0) is 14.8 Å². The number of likely N-dealkylation sites (N-methyl/N-ethyl adjacent to an activating group) is 1. The minimum atomic E-state index is -3.83. The Morgan fingerprint density at radius 3 is 2.26 bits per heavy atom. The van der Waals surface area contributed by atoms with E-state index in [-0.39, 0.29) is 15.5 Å². The van der Waals surface area contributed by atoms with E-state index in [1.54, 1.807) is 12.1 Å². The smallest absolute Gasteiger partial charge is 0.271 e. The minimum Gasteiger partial charge on any atom is -0.272 e. The summed E-state index contributed by atoms with van der Waals surface area (Å²) >= 11 is 11.7. The van der Waals surface area contributed by atoms with Crippen molar-refractivity contribution in [1.82, 2.24) is 15.2 Å². The standard InChI is InChI=1S/C17H17Cl2N3O4S/c1-11-3-6-13(7-4-11)27(25,26)22(2)10-16(23)20-21-17(24)14-8-5-12(18)9-15(14)19/h3-9H,10H2,1-2H3,(H,20,23)(H,21,24). The molecule has 0 bridgehead atoms. The lowest BCUT2D eigenvalue weighted by atomic mass is 10.2. The number of benzene rings is 2. The Morgan fingerprint density at radius 2 is 1.67 bits per heavy atom. The molecule has 2 aromatic carbocycles. The summed E-state index contributed by atoms with van der Waals surface area (Å²) in [5.74, 6) is -1.37. The van der Waals surface area contributed by atoms with Crippen LogP contribution in [0.4, 0.5) is 0 Å². The van der Waals surface area contributed by atoms with Gasteiger partial charge in [0.1, 0.15) is 0 Å². The summed E-state index contributed by atoms with van der Waals surface area (Å²) in [5, 5.41) is 0.483. The van der Waals surface area contributed by atoms with E-state index < -0.39 is 28.4 Å². The molecule has 0 aromatic heterocycles. The van der Waals surface area contributed by atoms with Crippen LogP contribution in [0.5, 0.6) is 0 Å². The van der Waals surface area contributed by atoms with Gasteiger partial charge in [0.25, 0.3) is 11.8 Å². The Bertz CT molecular complexity index is 963. The molecular weight excluding hydrogens is 413 g/mol. The first-order chi connectivity index (χ1) is 12.6. The van der Waals surface area contributed by atoms with Crippen molar-refractivity contribution < 1.29 is 18.0 Å². The normalized spacial score (nSPS) is 11.3. The van der Waals surface area contributed by atoms with E-state index in [9.17, 15) is 18.0 Å². The van der Waals surface area contributed by atoms with Gasteiger partial charge in [-0.05, 0) is 37.3 Å². The average Bonchev–Trinajstić information content (AvgIpc) is 2.60. The molecule has 0 radical (unpaired) electrons. The summed E-state index contributed by atoms with van der Waals surface area (Å²) in [4.78, 5) is 24.1. The summed E-state index contributed by atoms with van der Waals surface area (Å²) in [6.45, 7) is 1.36. The van der Waals surface area contributed by atoms with E-state index in [0.29, 0.717) is 5.02 Å². The maximum absolute atomic E-state index is 12.4. The summed E-state index contributed by atoms with van der Waals surface area (Å²) in [7, 11) is -2.56. The van der Waals surface area contributed by atoms with E-state index >= 15 is 0 Å². The zero-order chi connectivity index (χ0) is 20.2. The lowest BCUT2D eigenvalue weighted by molar-refractivity contribution is -0.121.